The zero-order valence-corrected chi connectivity index (χ0v) is 16.6. The predicted octanol–water partition coefficient (Wildman–Crippen LogP) is 2.71. The molecule has 3 aromatic rings. The van der Waals surface area contributed by atoms with Gasteiger partial charge < -0.3 is 19.5 Å². The van der Waals surface area contributed by atoms with Crippen LogP contribution >= 0.6 is 0 Å². The number of hydrogen-bond acceptors (Lipinski definition) is 6. The zero-order chi connectivity index (χ0) is 21.7. The van der Waals surface area contributed by atoms with Crippen LogP contribution in [0.25, 0.3) is 11.3 Å². The molecule has 8 nitrogen and oxygen atoms in total. The first-order valence-electron chi connectivity index (χ1n) is 8.89. The second-order valence-electron chi connectivity index (χ2n) is 6.17. The Hall–Kier alpha value is -3.88. The summed E-state index contributed by atoms with van der Waals surface area (Å²) in [6, 6.07) is 11.8. The van der Waals surface area contributed by atoms with E-state index < -0.39 is 17.3 Å². The number of ether oxygens (including phenoxy) is 3. The summed E-state index contributed by atoms with van der Waals surface area (Å²) < 4.78 is 30.7. The molecule has 1 heterocycles. The Balaban J connectivity index is 1.84. The van der Waals surface area contributed by atoms with Gasteiger partial charge in [0.05, 0.1) is 32.7 Å². The Morgan fingerprint density at radius 1 is 1.00 bits per heavy atom. The highest BCUT2D eigenvalue weighted by Gasteiger charge is 2.14. The van der Waals surface area contributed by atoms with Crippen molar-refractivity contribution in [2.24, 2.45) is 0 Å². The number of carbonyl (C=O) groups is 1. The summed E-state index contributed by atoms with van der Waals surface area (Å²) in [5.74, 6) is 0.245. The van der Waals surface area contributed by atoms with Crippen molar-refractivity contribution in [2.45, 2.75) is 6.54 Å². The van der Waals surface area contributed by atoms with Gasteiger partial charge in [0.25, 0.3) is 5.56 Å². The van der Waals surface area contributed by atoms with Crippen molar-refractivity contribution in [3.63, 3.8) is 0 Å². The van der Waals surface area contributed by atoms with E-state index in [4.69, 9.17) is 14.2 Å². The molecule has 0 unspecified atom stereocenters. The van der Waals surface area contributed by atoms with Crippen LogP contribution in [0, 0.1) is 5.82 Å². The van der Waals surface area contributed by atoms with Gasteiger partial charge in [0, 0.05) is 23.8 Å². The third kappa shape index (κ3) is 4.57. The highest BCUT2D eigenvalue weighted by Crippen LogP contribution is 2.29. The SMILES string of the molecule is COc1ccc(-c2ccc(=O)n(CC(=O)Nc3cc(OC)ccc3OC)n2)c(F)c1. The molecule has 0 aliphatic carbocycles. The maximum atomic E-state index is 14.3. The van der Waals surface area contributed by atoms with Gasteiger partial charge in [0.1, 0.15) is 29.6 Å². The van der Waals surface area contributed by atoms with Gasteiger partial charge in [-0.15, -0.1) is 0 Å². The van der Waals surface area contributed by atoms with Crippen molar-refractivity contribution < 1.29 is 23.4 Å². The second kappa shape index (κ2) is 9.08. The first kappa shape index (κ1) is 20.8. The number of anilines is 1. The lowest BCUT2D eigenvalue weighted by Gasteiger charge is -2.12. The average molecular weight is 413 g/mol. The molecule has 1 aromatic heterocycles. The van der Waals surface area contributed by atoms with E-state index in [0.717, 1.165) is 4.68 Å². The molecule has 0 radical (unpaired) electrons. The van der Waals surface area contributed by atoms with Gasteiger partial charge >= 0.3 is 0 Å². The van der Waals surface area contributed by atoms with Crippen LogP contribution in [0.3, 0.4) is 0 Å². The molecule has 0 aliphatic heterocycles. The van der Waals surface area contributed by atoms with Crippen LogP contribution in [0.1, 0.15) is 0 Å². The van der Waals surface area contributed by atoms with Crippen molar-refractivity contribution in [2.75, 3.05) is 26.6 Å². The molecule has 156 valence electrons. The van der Waals surface area contributed by atoms with Gasteiger partial charge in [-0.3, -0.25) is 9.59 Å². The topological polar surface area (TPSA) is 91.7 Å². The van der Waals surface area contributed by atoms with E-state index >= 15 is 0 Å². The van der Waals surface area contributed by atoms with Crippen LogP contribution < -0.4 is 25.1 Å². The fraction of sp³-hybridized carbons (Fsp3) is 0.190. The lowest BCUT2D eigenvalue weighted by atomic mass is 10.1. The zero-order valence-electron chi connectivity index (χ0n) is 16.6. The normalized spacial score (nSPS) is 10.4. The molecule has 0 saturated heterocycles. The van der Waals surface area contributed by atoms with Crippen molar-refractivity contribution >= 4 is 11.6 Å². The summed E-state index contributed by atoms with van der Waals surface area (Å²) in [6.45, 7) is -0.370. The molecule has 1 amide bonds. The van der Waals surface area contributed by atoms with E-state index in [2.05, 4.69) is 10.4 Å². The molecule has 0 atom stereocenters. The average Bonchev–Trinajstić information content (AvgIpc) is 2.75. The lowest BCUT2D eigenvalue weighted by molar-refractivity contribution is -0.117. The number of nitrogens with one attached hydrogen (secondary N) is 1. The van der Waals surface area contributed by atoms with Crippen LogP contribution in [0.15, 0.2) is 53.3 Å². The molecular weight excluding hydrogens is 393 g/mol. The number of rotatable bonds is 7. The predicted molar refractivity (Wildman–Crippen MR) is 109 cm³/mol. The van der Waals surface area contributed by atoms with Crippen LogP contribution in [0.2, 0.25) is 0 Å². The highest BCUT2D eigenvalue weighted by molar-refractivity contribution is 5.92. The maximum Gasteiger partial charge on any atom is 0.267 e. The Morgan fingerprint density at radius 3 is 2.37 bits per heavy atom. The third-order valence-corrected chi connectivity index (χ3v) is 4.29. The minimum Gasteiger partial charge on any atom is -0.497 e. The lowest BCUT2D eigenvalue weighted by Crippen LogP contribution is -2.29. The van der Waals surface area contributed by atoms with E-state index in [1.165, 1.54) is 45.6 Å². The summed E-state index contributed by atoms with van der Waals surface area (Å²) in [6.07, 6.45) is 0. The summed E-state index contributed by atoms with van der Waals surface area (Å²) in [5, 5.41) is 6.79. The van der Waals surface area contributed by atoms with E-state index in [-0.39, 0.29) is 17.8 Å². The van der Waals surface area contributed by atoms with E-state index in [1.807, 2.05) is 0 Å². The Labute approximate surface area is 171 Å². The number of halogens is 1. The Bertz CT molecular complexity index is 1130. The Morgan fingerprint density at radius 2 is 1.70 bits per heavy atom. The van der Waals surface area contributed by atoms with Gasteiger partial charge in [-0.1, -0.05) is 0 Å². The largest absolute Gasteiger partial charge is 0.497 e. The smallest absolute Gasteiger partial charge is 0.267 e. The third-order valence-electron chi connectivity index (χ3n) is 4.29. The van der Waals surface area contributed by atoms with E-state index in [9.17, 15) is 14.0 Å². The van der Waals surface area contributed by atoms with Crippen LogP contribution in [-0.4, -0.2) is 37.0 Å². The number of benzene rings is 2. The molecule has 0 bridgehead atoms. The highest BCUT2D eigenvalue weighted by atomic mass is 19.1. The van der Waals surface area contributed by atoms with Gasteiger partial charge in [-0.25, -0.2) is 9.07 Å². The first-order chi connectivity index (χ1) is 14.4. The molecular formula is C21H20FN3O5. The second-order valence-corrected chi connectivity index (χ2v) is 6.17. The molecule has 9 heteroatoms. The van der Waals surface area contributed by atoms with Gasteiger partial charge in [0.15, 0.2) is 0 Å². The van der Waals surface area contributed by atoms with Crippen LogP contribution in [0.4, 0.5) is 10.1 Å². The standard InChI is InChI=1S/C21H20FN3O5/c1-28-13-4-6-15(16(22)10-13)17-7-9-21(27)25(24-17)12-20(26)23-18-11-14(29-2)5-8-19(18)30-3/h4-11H,12H2,1-3H3,(H,23,26). The minimum atomic E-state index is -0.558. The van der Waals surface area contributed by atoms with Crippen LogP contribution in [-0.2, 0) is 11.3 Å². The monoisotopic (exact) mass is 413 g/mol. The number of carbonyl (C=O) groups excluding carboxylic acids is 1. The molecule has 2 aromatic carbocycles. The summed E-state index contributed by atoms with van der Waals surface area (Å²) >= 11 is 0. The molecule has 3 rings (SSSR count). The maximum absolute atomic E-state index is 14.3. The van der Waals surface area contributed by atoms with Crippen molar-refractivity contribution in [3.05, 3.63) is 64.7 Å². The van der Waals surface area contributed by atoms with Gasteiger partial charge in [0.2, 0.25) is 5.91 Å². The van der Waals surface area contributed by atoms with Crippen molar-refractivity contribution in [3.8, 4) is 28.5 Å². The van der Waals surface area contributed by atoms with Crippen molar-refractivity contribution in [1.82, 2.24) is 9.78 Å². The number of nitrogens with zero attached hydrogens (tertiary/aromatic N) is 2. The summed E-state index contributed by atoms with van der Waals surface area (Å²) in [5.41, 5.74) is 0.272. The fourth-order valence-electron chi connectivity index (χ4n) is 2.77. The molecule has 0 aliphatic rings. The first-order valence-corrected chi connectivity index (χ1v) is 8.89. The van der Waals surface area contributed by atoms with Gasteiger partial charge in [-0.05, 0) is 30.3 Å². The molecule has 0 saturated carbocycles. The molecule has 30 heavy (non-hydrogen) atoms. The number of hydrogen-bond donors (Lipinski definition) is 1. The molecule has 0 spiro atoms. The van der Waals surface area contributed by atoms with Crippen LogP contribution in [0.5, 0.6) is 17.2 Å². The van der Waals surface area contributed by atoms with Crippen molar-refractivity contribution in [1.29, 1.82) is 0 Å². The minimum absolute atomic E-state index is 0.180. The molecule has 1 N–H and O–H groups in total. The quantitative estimate of drug-likeness (QED) is 0.640. The van der Waals surface area contributed by atoms with Gasteiger partial charge in [-0.2, -0.15) is 5.10 Å². The summed E-state index contributed by atoms with van der Waals surface area (Å²) in [4.78, 5) is 24.7. The number of methoxy groups -OCH3 is 3. The van der Waals surface area contributed by atoms with E-state index in [0.29, 0.717) is 22.9 Å². The number of amides is 1. The summed E-state index contributed by atoms with van der Waals surface area (Å²) in [7, 11) is 4.40. The molecule has 0 fully saturated rings. The van der Waals surface area contributed by atoms with E-state index in [1.54, 1.807) is 24.3 Å². The number of aromatic nitrogens is 2. The Kier molecular flexibility index (Phi) is 6.31. The fourth-order valence-corrected chi connectivity index (χ4v) is 2.77.